The van der Waals surface area contributed by atoms with Crippen LogP contribution in [0.4, 0.5) is 0 Å². The molecule has 1 unspecified atom stereocenters. The molecule has 10 heteroatoms. The normalized spacial score (nSPS) is 12.8. The number of H-pyrrole nitrogens is 1. The van der Waals surface area contributed by atoms with Crippen molar-refractivity contribution >= 4 is 10.0 Å². The number of nitrogens with one attached hydrogen (secondary N) is 1. The minimum atomic E-state index is -4.03. The van der Waals surface area contributed by atoms with E-state index in [1.54, 1.807) is 6.20 Å². The number of sulfonamides is 1. The molecule has 0 aliphatic rings. The quantitative estimate of drug-likeness (QED) is 0.357. The van der Waals surface area contributed by atoms with E-state index in [1.807, 2.05) is 30.3 Å². The monoisotopic (exact) mass is 480 g/mol. The Bertz CT molecular complexity index is 1330. The summed E-state index contributed by atoms with van der Waals surface area (Å²) in [5, 5.41) is 2.89. The van der Waals surface area contributed by atoms with Crippen molar-refractivity contribution in [2.24, 2.45) is 11.5 Å². The van der Waals surface area contributed by atoms with Crippen LogP contribution in [-0.2, 0) is 16.4 Å². The van der Waals surface area contributed by atoms with E-state index in [1.165, 1.54) is 41.2 Å². The van der Waals surface area contributed by atoms with Crippen molar-refractivity contribution in [1.29, 1.82) is 0 Å². The number of aromatic nitrogens is 3. The second-order valence-corrected chi connectivity index (χ2v) is 9.38. The third-order valence-electron chi connectivity index (χ3n) is 5.11. The first-order valence-electron chi connectivity index (χ1n) is 10.5. The fourth-order valence-corrected chi connectivity index (χ4v) is 4.79. The van der Waals surface area contributed by atoms with Gasteiger partial charge in [-0.2, -0.15) is 0 Å². The average Bonchev–Trinajstić information content (AvgIpc) is 3.21. The minimum Gasteiger partial charge on any atom is -0.329 e. The second kappa shape index (κ2) is 10.9. The summed E-state index contributed by atoms with van der Waals surface area (Å²) in [4.78, 5) is 17.0. The third kappa shape index (κ3) is 5.42. The largest absolute Gasteiger partial charge is 0.329 e. The molecule has 0 aliphatic carbocycles. The molecule has 0 fully saturated rings. The average molecular weight is 481 g/mol. The van der Waals surface area contributed by atoms with Crippen LogP contribution in [0.3, 0.4) is 0 Å². The van der Waals surface area contributed by atoms with Crippen LogP contribution in [0.2, 0.25) is 0 Å². The number of rotatable bonds is 11. The summed E-state index contributed by atoms with van der Waals surface area (Å²) in [5.74, 6) is 0.263. The zero-order chi connectivity index (χ0) is 24.7. The molecule has 0 aliphatic heterocycles. The summed E-state index contributed by atoms with van der Waals surface area (Å²) in [6, 6.07) is 11.9. The van der Waals surface area contributed by atoms with Crippen molar-refractivity contribution in [2.45, 2.75) is 17.4 Å². The van der Waals surface area contributed by atoms with Crippen molar-refractivity contribution in [2.75, 3.05) is 13.1 Å². The highest BCUT2D eigenvalue weighted by molar-refractivity contribution is 7.89. The lowest BCUT2D eigenvalue weighted by atomic mass is 10.1. The van der Waals surface area contributed by atoms with Crippen LogP contribution >= 0.6 is 0 Å². The zero-order valence-electron chi connectivity index (χ0n) is 18.7. The lowest BCUT2D eigenvalue weighted by Crippen LogP contribution is -2.44. The molecule has 0 spiro atoms. The summed E-state index contributed by atoms with van der Waals surface area (Å²) in [7, 11) is -4.03. The molecule has 0 bridgehead atoms. The number of aromatic amines is 1. The van der Waals surface area contributed by atoms with Crippen LogP contribution in [0.15, 0.2) is 102 Å². The fourth-order valence-electron chi connectivity index (χ4n) is 3.31. The Morgan fingerprint density at radius 2 is 1.94 bits per heavy atom. The maximum Gasteiger partial charge on any atom is 0.276 e. The summed E-state index contributed by atoms with van der Waals surface area (Å²) in [5.41, 5.74) is 13.2. The number of hydrogen-bond donors (Lipinski definition) is 3. The van der Waals surface area contributed by atoms with Crippen molar-refractivity contribution in [3.05, 3.63) is 113 Å². The van der Waals surface area contributed by atoms with E-state index in [2.05, 4.69) is 23.2 Å². The highest BCUT2D eigenvalue weighted by atomic mass is 32.2. The van der Waals surface area contributed by atoms with Gasteiger partial charge in [-0.15, -0.1) is 0 Å². The second-order valence-electron chi connectivity index (χ2n) is 7.52. The SMILES string of the molecule is C=C/C=C(\C=C)N(CC(N)CN)S(=O)(=O)c1ccc(-n2[nH]cc(Cc3ccccc3)c2=O)nc1. The Kier molecular flexibility index (Phi) is 8.00. The minimum absolute atomic E-state index is 0.0504. The molecule has 9 nitrogen and oxygen atoms in total. The van der Waals surface area contributed by atoms with Gasteiger partial charge < -0.3 is 11.5 Å². The van der Waals surface area contributed by atoms with Crippen molar-refractivity contribution in [3.63, 3.8) is 0 Å². The van der Waals surface area contributed by atoms with Gasteiger partial charge in [0, 0.05) is 37.0 Å². The molecule has 1 atom stereocenters. The summed E-state index contributed by atoms with van der Waals surface area (Å²) in [6.45, 7) is 7.35. The number of nitrogens with two attached hydrogens (primary N) is 2. The molecule has 2 aromatic heterocycles. The molecule has 1 aromatic carbocycles. The van der Waals surface area contributed by atoms with Crippen molar-refractivity contribution in [3.8, 4) is 5.82 Å². The number of pyridine rings is 1. The third-order valence-corrected chi connectivity index (χ3v) is 6.89. The number of hydrogen-bond acceptors (Lipinski definition) is 6. The van der Waals surface area contributed by atoms with Gasteiger partial charge in [-0.25, -0.2) is 18.1 Å². The summed E-state index contributed by atoms with van der Waals surface area (Å²) in [6.07, 6.45) is 7.66. The molecule has 0 saturated carbocycles. The van der Waals surface area contributed by atoms with Gasteiger partial charge >= 0.3 is 0 Å². The van der Waals surface area contributed by atoms with E-state index in [-0.39, 0.29) is 29.4 Å². The van der Waals surface area contributed by atoms with Crippen LogP contribution in [0, 0.1) is 0 Å². The summed E-state index contributed by atoms with van der Waals surface area (Å²) >= 11 is 0. The molecule has 178 valence electrons. The van der Waals surface area contributed by atoms with Crippen molar-refractivity contribution in [1.82, 2.24) is 19.1 Å². The predicted molar refractivity (Wildman–Crippen MR) is 133 cm³/mol. The van der Waals surface area contributed by atoms with E-state index in [0.29, 0.717) is 17.7 Å². The molecule has 3 aromatic rings. The first-order valence-corrected chi connectivity index (χ1v) is 12.0. The maximum absolute atomic E-state index is 13.4. The standard InChI is InChI=1S/C24H28N6O3S/c1-3-8-21(4-2)29(17-20(26)14-25)34(32,33)22-11-12-23(27-16-22)30-24(31)19(15-28-30)13-18-9-6-5-7-10-18/h3-12,15-16,20,28H,1-2,13-14,17,25-26H2/b21-8+. The van der Waals surface area contributed by atoms with Crippen LogP contribution in [0.1, 0.15) is 11.1 Å². The van der Waals surface area contributed by atoms with E-state index in [4.69, 9.17) is 11.5 Å². The van der Waals surface area contributed by atoms with Crippen molar-refractivity contribution < 1.29 is 8.42 Å². The molecule has 34 heavy (non-hydrogen) atoms. The first-order chi connectivity index (χ1) is 16.3. The molecule has 5 N–H and O–H groups in total. The van der Waals surface area contributed by atoms with E-state index in [9.17, 15) is 13.2 Å². The van der Waals surface area contributed by atoms with Gasteiger partial charge in [0.05, 0.1) is 12.2 Å². The molecule has 0 amide bonds. The molecule has 2 heterocycles. The Morgan fingerprint density at radius 1 is 1.21 bits per heavy atom. The van der Waals surface area contributed by atoms with Crippen LogP contribution in [0.25, 0.3) is 5.82 Å². The van der Waals surface area contributed by atoms with Gasteiger partial charge in [-0.05, 0) is 29.8 Å². The molecular formula is C24H28N6O3S. The first kappa shape index (κ1) is 24.9. The lowest BCUT2D eigenvalue weighted by Gasteiger charge is -2.27. The van der Waals surface area contributed by atoms with Crippen LogP contribution in [0.5, 0.6) is 0 Å². The molecular weight excluding hydrogens is 452 g/mol. The van der Waals surface area contributed by atoms with Gasteiger partial charge in [-0.1, -0.05) is 49.6 Å². The van der Waals surface area contributed by atoms with Gasteiger partial charge in [0.2, 0.25) is 0 Å². The van der Waals surface area contributed by atoms with E-state index in [0.717, 1.165) is 9.87 Å². The van der Waals surface area contributed by atoms with Gasteiger partial charge in [-0.3, -0.25) is 14.2 Å². The van der Waals surface area contributed by atoms with Gasteiger partial charge in [0.1, 0.15) is 4.90 Å². The summed E-state index contributed by atoms with van der Waals surface area (Å²) < 4.78 is 29.1. The highest BCUT2D eigenvalue weighted by Crippen LogP contribution is 2.21. The number of benzene rings is 1. The van der Waals surface area contributed by atoms with Crippen LogP contribution < -0.4 is 17.0 Å². The Morgan fingerprint density at radius 3 is 2.53 bits per heavy atom. The topological polar surface area (TPSA) is 140 Å². The Balaban J connectivity index is 1.92. The number of nitrogens with zero attached hydrogens (tertiary/aromatic N) is 3. The van der Waals surface area contributed by atoms with Gasteiger partial charge in [0.25, 0.3) is 15.6 Å². The molecule has 0 saturated heterocycles. The van der Waals surface area contributed by atoms with Crippen LogP contribution in [-0.4, -0.2) is 46.6 Å². The molecule has 0 radical (unpaired) electrons. The molecule has 3 rings (SSSR count). The lowest BCUT2D eigenvalue weighted by molar-refractivity contribution is 0.449. The number of allylic oxidation sites excluding steroid dienone is 3. The van der Waals surface area contributed by atoms with E-state index < -0.39 is 16.1 Å². The van der Waals surface area contributed by atoms with Gasteiger partial charge in [0.15, 0.2) is 5.82 Å². The Labute approximate surface area is 198 Å². The smallest absolute Gasteiger partial charge is 0.276 e. The predicted octanol–water partition coefficient (Wildman–Crippen LogP) is 1.68. The highest BCUT2D eigenvalue weighted by Gasteiger charge is 2.27. The fraction of sp³-hybridized carbons (Fsp3) is 0.167. The maximum atomic E-state index is 13.4. The van der Waals surface area contributed by atoms with E-state index >= 15 is 0 Å². The Hall–Kier alpha value is -3.73. The zero-order valence-corrected chi connectivity index (χ0v) is 19.5.